The third-order valence-corrected chi connectivity index (χ3v) is 14.8. The molecule has 0 bridgehead atoms. The fourth-order valence-electron chi connectivity index (χ4n) is 9.94. The molecule has 1 aliphatic heterocycles. The number of hydrogen-bond acceptors (Lipinski definition) is 8. The molecule has 1 fully saturated rings. The van der Waals surface area contributed by atoms with Gasteiger partial charge in [-0.25, -0.2) is 0 Å². The van der Waals surface area contributed by atoms with E-state index in [9.17, 15) is 30.3 Å². The molecule has 70 heavy (non-hydrogen) atoms. The average Bonchev–Trinajstić information content (AvgIpc) is 3.36. The van der Waals surface area contributed by atoms with Crippen molar-refractivity contribution >= 4 is 5.91 Å². The van der Waals surface area contributed by atoms with Crippen molar-refractivity contribution in [2.75, 3.05) is 13.2 Å². The van der Waals surface area contributed by atoms with Gasteiger partial charge in [0.1, 0.15) is 24.4 Å². The van der Waals surface area contributed by atoms with Gasteiger partial charge in [0.25, 0.3) is 0 Å². The number of unbranched alkanes of at least 4 members (excludes halogenated alkanes) is 41. The lowest BCUT2D eigenvalue weighted by Crippen LogP contribution is -2.60. The molecular weight excluding hydrogens is 875 g/mol. The van der Waals surface area contributed by atoms with Crippen molar-refractivity contribution in [3.63, 3.8) is 0 Å². The number of carbonyl (C=O) groups excluding carboxylic acids is 1. The number of hydrogen-bond donors (Lipinski definition) is 6. The minimum Gasteiger partial charge on any atom is -0.394 e. The molecule has 414 valence electrons. The van der Waals surface area contributed by atoms with E-state index in [1.165, 1.54) is 244 Å². The summed E-state index contributed by atoms with van der Waals surface area (Å²) in [5, 5.41) is 54.5. The summed E-state index contributed by atoms with van der Waals surface area (Å²) in [6, 6.07) is -0.819. The molecule has 0 aromatic rings. The van der Waals surface area contributed by atoms with Crippen molar-refractivity contribution in [1.82, 2.24) is 5.32 Å². The molecule has 1 amide bonds. The number of allylic oxidation sites excluding steroid dienone is 3. The molecule has 1 saturated heterocycles. The van der Waals surface area contributed by atoms with E-state index in [4.69, 9.17) is 9.47 Å². The maximum atomic E-state index is 13.1. The van der Waals surface area contributed by atoms with Crippen LogP contribution in [0.5, 0.6) is 0 Å². The summed E-state index contributed by atoms with van der Waals surface area (Å²) in [6.07, 6.45) is 58.3. The predicted octanol–water partition coefficient (Wildman–Crippen LogP) is 15.4. The SMILES string of the molecule is CCCCCCCCCCCCCCCC/C=C/CC/C=C/C(O)C(COC1OC(CO)C(O)C(O)C1O)NC(=O)CCCCCCCCCCCCCCCCCCCCCCCCCCCCC. The van der Waals surface area contributed by atoms with Gasteiger partial charge in [-0.3, -0.25) is 4.79 Å². The molecule has 9 nitrogen and oxygen atoms in total. The number of amides is 1. The molecule has 1 heterocycles. The van der Waals surface area contributed by atoms with E-state index in [-0.39, 0.29) is 12.5 Å². The first-order chi connectivity index (χ1) is 34.3. The number of aliphatic hydroxyl groups excluding tert-OH is 5. The van der Waals surface area contributed by atoms with Gasteiger partial charge in [0.05, 0.1) is 25.4 Å². The molecule has 1 rings (SSSR count). The van der Waals surface area contributed by atoms with Crippen LogP contribution in [0, 0.1) is 0 Å². The van der Waals surface area contributed by atoms with Crippen molar-refractivity contribution in [2.45, 2.75) is 346 Å². The Bertz CT molecular complexity index is 1150. The third-order valence-electron chi connectivity index (χ3n) is 14.8. The predicted molar refractivity (Wildman–Crippen MR) is 295 cm³/mol. The smallest absolute Gasteiger partial charge is 0.220 e. The Kier molecular flexibility index (Phi) is 48.7. The van der Waals surface area contributed by atoms with Gasteiger partial charge in [-0.1, -0.05) is 289 Å². The zero-order chi connectivity index (χ0) is 50.8. The van der Waals surface area contributed by atoms with Crippen molar-refractivity contribution in [2.24, 2.45) is 0 Å². The van der Waals surface area contributed by atoms with Gasteiger partial charge in [-0.05, 0) is 32.1 Å². The Morgan fingerprint density at radius 1 is 0.471 bits per heavy atom. The van der Waals surface area contributed by atoms with Crippen molar-refractivity contribution in [1.29, 1.82) is 0 Å². The number of aliphatic hydroxyl groups is 5. The van der Waals surface area contributed by atoms with E-state index in [2.05, 4.69) is 31.3 Å². The molecule has 6 N–H and O–H groups in total. The largest absolute Gasteiger partial charge is 0.394 e. The lowest BCUT2D eigenvalue weighted by Gasteiger charge is -2.40. The van der Waals surface area contributed by atoms with Crippen LogP contribution in [0.25, 0.3) is 0 Å². The van der Waals surface area contributed by atoms with Gasteiger partial charge in [0.2, 0.25) is 5.91 Å². The van der Waals surface area contributed by atoms with E-state index in [1.54, 1.807) is 6.08 Å². The Morgan fingerprint density at radius 2 is 0.814 bits per heavy atom. The van der Waals surface area contributed by atoms with Crippen LogP contribution in [0.15, 0.2) is 24.3 Å². The summed E-state index contributed by atoms with van der Waals surface area (Å²) < 4.78 is 11.3. The molecule has 0 spiro atoms. The van der Waals surface area contributed by atoms with Gasteiger partial charge in [0, 0.05) is 6.42 Å². The second-order valence-electron chi connectivity index (χ2n) is 21.5. The van der Waals surface area contributed by atoms with Gasteiger partial charge in [-0.15, -0.1) is 0 Å². The molecule has 1 aliphatic rings. The van der Waals surface area contributed by atoms with E-state index in [0.29, 0.717) is 6.42 Å². The molecule has 0 aromatic heterocycles. The Hall–Kier alpha value is -1.33. The minimum absolute atomic E-state index is 0.180. The molecule has 0 radical (unpaired) electrons. The summed E-state index contributed by atoms with van der Waals surface area (Å²) in [7, 11) is 0. The normalized spacial score (nSPS) is 19.4. The first-order valence-corrected chi connectivity index (χ1v) is 30.6. The van der Waals surface area contributed by atoms with Crippen LogP contribution in [0.1, 0.15) is 303 Å². The Balaban J connectivity index is 2.19. The van der Waals surface area contributed by atoms with Crippen LogP contribution >= 0.6 is 0 Å². The average molecular weight is 993 g/mol. The topological polar surface area (TPSA) is 149 Å². The minimum atomic E-state index is -1.57. The van der Waals surface area contributed by atoms with E-state index in [1.807, 2.05) is 6.08 Å². The zero-order valence-electron chi connectivity index (χ0n) is 46.0. The van der Waals surface area contributed by atoms with Crippen LogP contribution in [-0.4, -0.2) is 87.5 Å². The quantitative estimate of drug-likeness (QED) is 0.0261. The van der Waals surface area contributed by atoms with Gasteiger partial charge in [0.15, 0.2) is 6.29 Å². The summed E-state index contributed by atoms with van der Waals surface area (Å²) in [4.78, 5) is 13.1. The van der Waals surface area contributed by atoms with Crippen molar-refractivity contribution < 1.29 is 39.8 Å². The highest BCUT2D eigenvalue weighted by molar-refractivity contribution is 5.76. The summed E-state index contributed by atoms with van der Waals surface area (Å²) in [6.45, 7) is 3.81. The first-order valence-electron chi connectivity index (χ1n) is 30.6. The summed E-state index contributed by atoms with van der Waals surface area (Å²) in [5.41, 5.74) is 0. The van der Waals surface area contributed by atoms with Gasteiger partial charge >= 0.3 is 0 Å². The van der Waals surface area contributed by atoms with Gasteiger partial charge in [-0.2, -0.15) is 0 Å². The van der Waals surface area contributed by atoms with Gasteiger partial charge < -0.3 is 40.3 Å². The Labute approximate surface area is 432 Å². The molecule has 0 saturated carbocycles. The van der Waals surface area contributed by atoms with Crippen LogP contribution < -0.4 is 5.32 Å². The van der Waals surface area contributed by atoms with Crippen LogP contribution in [0.3, 0.4) is 0 Å². The first kappa shape index (κ1) is 66.7. The van der Waals surface area contributed by atoms with Crippen molar-refractivity contribution in [3.05, 3.63) is 24.3 Å². The number of nitrogens with one attached hydrogen (secondary N) is 1. The second-order valence-corrected chi connectivity index (χ2v) is 21.5. The lowest BCUT2D eigenvalue weighted by molar-refractivity contribution is -0.302. The van der Waals surface area contributed by atoms with Crippen molar-refractivity contribution in [3.8, 4) is 0 Å². The highest BCUT2D eigenvalue weighted by atomic mass is 16.7. The van der Waals surface area contributed by atoms with Crippen LogP contribution in [0.4, 0.5) is 0 Å². The fraction of sp³-hybridized carbons (Fsp3) is 0.918. The highest BCUT2D eigenvalue weighted by Gasteiger charge is 2.44. The molecule has 0 aromatic carbocycles. The van der Waals surface area contributed by atoms with E-state index >= 15 is 0 Å². The van der Waals surface area contributed by atoms with Crippen LogP contribution in [0.2, 0.25) is 0 Å². The van der Waals surface area contributed by atoms with Crippen LogP contribution in [-0.2, 0) is 14.3 Å². The molecule has 7 atom stereocenters. The zero-order valence-corrected chi connectivity index (χ0v) is 46.0. The molecule has 9 heteroatoms. The summed E-state index contributed by atoms with van der Waals surface area (Å²) >= 11 is 0. The highest BCUT2D eigenvalue weighted by Crippen LogP contribution is 2.23. The monoisotopic (exact) mass is 992 g/mol. The number of ether oxygens (including phenoxy) is 2. The molecule has 7 unspecified atom stereocenters. The molecular formula is C61H117NO8. The number of carbonyl (C=O) groups is 1. The lowest BCUT2D eigenvalue weighted by atomic mass is 9.99. The standard InChI is InChI=1S/C61H117NO8/c1-3-5-7-9-11-13-15-17-19-21-23-25-26-27-28-29-30-31-33-35-37-39-41-43-45-47-49-51-57(65)62-54(53-69-61-60(68)59(67)58(66)56(52-63)70-61)55(64)50-48-46-44-42-40-38-36-34-32-24-22-20-18-16-14-12-10-8-6-4-2/h40,42,48,50,54-56,58-61,63-64,66-68H,3-39,41,43-47,49,51-53H2,1-2H3,(H,62,65)/b42-40+,50-48+. The second kappa shape index (κ2) is 51.2. The Morgan fingerprint density at radius 3 is 1.20 bits per heavy atom. The maximum absolute atomic E-state index is 13.1. The molecule has 0 aliphatic carbocycles. The fourth-order valence-corrected chi connectivity index (χ4v) is 9.94. The number of rotatable bonds is 53. The van der Waals surface area contributed by atoms with E-state index < -0.39 is 49.5 Å². The third kappa shape index (κ3) is 40.1. The summed E-state index contributed by atoms with van der Waals surface area (Å²) in [5.74, 6) is -0.180. The maximum Gasteiger partial charge on any atom is 0.220 e. The van der Waals surface area contributed by atoms with E-state index in [0.717, 1.165) is 38.5 Å².